The second kappa shape index (κ2) is 6.04. The van der Waals surface area contributed by atoms with E-state index in [1.165, 1.54) is 0 Å². The van der Waals surface area contributed by atoms with Gasteiger partial charge in [-0.1, -0.05) is 19.3 Å². The monoisotopic (exact) mass is 273 g/mol. The normalized spacial score (nSPS) is 19.5. The van der Waals surface area contributed by atoms with Crippen LogP contribution in [0.1, 0.15) is 44.9 Å². The molecule has 0 aliphatic heterocycles. The summed E-state index contributed by atoms with van der Waals surface area (Å²) in [5.41, 5.74) is 0. The quantitative estimate of drug-likeness (QED) is 0.837. The molecule has 0 spiro atoms. The molecule has 102 valence electrons. The van der Waals surface area contributed by atoms with Crippen LogP contribution in [0.25, 0.3) is 0 Å². The molecule has 1 aliphatic rings. The van der Waals surface area contributed by atoms with Crippen LogP contribution >= 0.6 is 0 Å². The molecule has 0 heterocycles. The van der Waals surface area contributed by atoms with E-state index < -0.39 is 28.4 Å². The molecule has 1 aliphatic carbocycles. The highest BCUT2D eigenvalue weighted by atomic mass is 32.2. The lowest BCUT2D eigenvalue weighted by Crippen LogP contribution is -2.37. The van der Waals surface area contributed by atoms with Gasteiger partial charge in [0.15, 0.2) is 0 Å². The lowest BCUT2D eigenvalue weighted by atomic mass is 9.96. The number of hydrogen-bond acceptors (Lipinski definition) is 2. The Morgan fingerprint density at radius 1 is 1.12 bits per heavy atom. The molecule has 0 aromatic carbocycles. The standard InChI is InChI=1S/C10H18F3NO2S/c11-10(12,13)7-4-8-17(15,16)14-9-5-2-1-3-6-9/h9,14H,1-8H2. The molecule has 0 saturated heterocycles. The Morgan fingerprint density at radius 2 is 1.71 bits per heavy atom. The summed E-state index contributed by atoms with van der Waals surface area (Å²) >= 11 is 0. The molecule has 1 fully saturated rings. The first-order valence-corrected chi connectivity index (χ1v) is 7.50. The summed E-state index contributed by atoms with van der Waals surface area (Å²) in [6.07, 6.45) is -1.04. The van der Waals surface area contributed by atoms with E-state index >= 15 is 0 Å². The van der Waals surface area contributed by atoms with E-state index in [1.54, 1.807) is 0 Å². The molecule has 0 radical (unpaired) electrons. The van der Waals surface area contributed by atoms with Crippen molar-refractivity contribution in [1.82, 2.24) is 4.72 Å². The van der Waals surface area contributed by atoms with Gasteiger partial charge in [0.05, 0.1) is 5.75 Å². The highest BCUT2D eigenvalue weighted by molar-refractivity contribution is 7.89. The maximum Gasteiger partial charge on any atom is 0.389 e. The number of sulfonamides is 1. The van der Waals surface area contributed by atoms with Crippen LogP contribution in [0.4, 0.5) is 13.2 Å². The number of rotatable bonds is 5. The van der Waals surface area contributed by atoms with E-state index in [2.05, 4.69) is 4.72 Å². The Morgan fingerprint density at radius 3 is 2.24 bits per heavy atom. The number of alkyl halides is 3. The Kier molecular flexibility index (Phi) is 5.24. The predicted octanol–water partition coefficient (Wildman–Crippen LogP) is 2.58. The molecule has 0 amide bonds. The second-order valence-electron chi connectivity index (χ2n) is 4.49. The summed E-state index contributed by atoms with van der Waals surface area (Å²) in [5.74, 6) is -0.441. The van der Waals surface area contributed by atoms with Crippen molar-refractivity contribution in [2.75, 3.05) is 5.75 Å². The molecular formula is C10H18F3NO2S. The third-order valence-corrected chi connectivity index (χ3v) is 4.34. The zero-order chi connectivity index (χ0) is 12.9. The van der Waals surface area contributed by atoms with Crippen molar-refractivity contribution in [3.8, 4) is 0 Å². The van der Waals surface area contributed by atoms with Crippen LogP contribution in [-0.2, 0) is 10.0 Å². The minimum absolute atomic E-state index is 0.0837. The predicted molar refractivity (Wildman–Crippen MR) is 59.1 cm³/mol. The first-order chi connectivity index (χ1) is 7.79. The van der Waals surface area contributed by atoms with E-state index in [9.17, 15) is 21.6 Å². The number of hydrogen-bond donors (Lipinski definition) is 1. The molecule has 3 nitrogen and oxygen atoms in total. The summed E-state index contributed by atoms with van der Waals surface area (Å²) in [5, 5.41) is 0. The second-order valence-corrected chi connectivity index (χ2v) is 6.36. The largest absolute Gasteiger partial charge is 0.389 e. The topological polar surface area (TPSA) is 46.2 Å². The zero-order valence-corrected chi connectivity index (χ0v) is 10.4. The van der Waals surface area contributed by atoms with Crippen LogP contribution in [0.5, 0.6) is 0 Å². The van der Waals surface area contributed by atoms with Gasteiger partial charge in [-0.05, 0) is 19.3 Å². The molecule has 1 saturated carbocycles. The molecule has 1 N–H and O–H groups in total. The molecule has 0 unspecified atom stereocenters. The van der Waals surface area contributed by atoms with Gasteiger partial charge in [-0.25, -0.2) is 13.1 Å². The van der Waals surface area contributed by atoms with Gasteiger partial charge in [0, 0.05) is 12.5 Å². The SMILES string of the molecule is O=S(=O)(CCCC(F)(F)F)NC1CCCCC1. The highest BCUT2D eigenvalue weighted by Gasteiger charge is 2.28. The molecular weight excluding hydrogens is 255 g/mol. The average molecular weight is 273 g/mol. The summed E-state index contributed by atoms with van der Waals surface area (Å²) in [4.78, 5) is 0. The fourth-order valence-corrected chi connectivity index (χ4v) is 3.38. The Bertz CT molecular complexity index is 321. The van der Waals surface area contributed by atoms with Crippen LogP contribution in [0.15, 0.2) is 0 Å². The lowest BCUT2D eigenvalue weighted by molar-refractivity contribution is -0.134. The molecule has 0 atom stereocenters. The van der Waals surface area contributed by atoms with E-state index in [4.69, 9.17) is 0 Å². The van der Waals surface area contributed by atoms with Gasteiger partial charge in [0.1, 0.15) is 0 Å². The smallest absolute Gasteiger partial charge is 0.212 e. The van der Waals surface area contributed by atoms with Crippen molar-refractivity contribution in [2.45, 2.75) is 57.2 Å². The minimum atomic E-state index is -4.28. The van der Waals surface area contributed by atoms with Gasteiger partial charge in [0.25, 0.3) is 0 Å². The molecule has 0 bridgehead atoms. The van der Waals surface area contributed by atoms with E-state index in [1.807, 2.05) is 0 Å². The van der Waals surface area contributed by atoms with Crippen molar-refractivity contribution in [2.24, 2.45) is 0 Å². The third-order valence-electron chi connectivity index (χ3n) is 2.82. The summed E-state index contributed by atoms with van der Waals surface area (Å²) in [6, 6.07) is -0.0837. The zero-order valence-electron chi connectivity index (χ0n) is 9.59. The average Bonchev–Trinajstić information content (AvgIpc) is 2.15. The maximum atomic E-state index is 11.9. The molecule has 7 heteroatoms. The van der Waals surface area contributed by atoms with E-state index in [0.29, 0.717) is 0 Å². The Hall–Kier alpha value is -0.300. The highest BCUT2D eigenvalue weighted by Crippen LogP contribution is 2.22. The lowest BCUT2D eigenvalue weighted by Gasteiger charge is -2.22. The van der Waals surface area contributed by atoms with E-state index in [-0.39, 0.29) is 12.5 Å². The summed E-state index contributed by atoms with van der Waals surface area (Å²) in [7, 11) is -3.55. The van der Waals surface area contributed by atoms with Crippen LogP contribution in [-0.4, -0.2) is 26.4 Å². The molecule has 1 rings (SSSR count). The van der Waals surface area contributed by atoms with E-state index in [0.717, 1.165) is 32.1 Å². The number of halogens is 3. The van der Waals surface area contributed by atoms with Gasteiger partial charge >= 0.3 is 6.18 Å². The summed E-state index contributed by atoms with van der Waals surface area (Å²) in [6.45, 7) is 0. The fourth-order valence-electron chi connectivity index (χ4n) is 2.00. The van der Waals surface area contributed by atoms with Crippen molar-refractivity contribution >= 4 is 10.0 Å². The summed E-state index contributed by atoms with van der Waals surface area (Å²) < 4.78 is 61.1. The van der Waals surface area contributed by atoms with Crippen molar-refractivity contribution in [3.05, 3.63) is 0 Å². The van der Waals surface area contributed by atoms with Crippen molar-refractivity contribution in [3.63, 3.8) is 0 Å². The fraction of sp³-hybridized carbons (Fsp3) is 1.00. The Labute approximate surface area is 99.8 Å². The van der Waals surface area contributed by atoms with Crippen LogP contribution in [0.3, 0.4) is 0 Å². The molecule has 0 aromatic rings. The first-order valence-electron chi connectivity index (χ1n) is 5.85. The maximum absolute atomic E-state index is 11.9. The molecule has 0 aromatic heterocycles. The van der Waals surface area contributed by atoms with Gasteiger partial charge in [0.2, 0.25) is 10.0 Å². The van der Waals surface area contributed by atoms with Crippen LogP contribution < -0.4 is 4.72 Å². The van der Waals surface area contributed by atoms with Gasteiger partial charge in [-0.3, -0.25) is 0 Å². The Balaban J connectivity index is 2.30. The van der Waals surface area contributed by atoms with Gasteiger partial charge in [-0.15, -0.1) is 0 Å². The minimum Gasteiger partial charge on any atom is -0.212 e. The van der Waals surface area contributed by atoms with Crippen LogP contribution in [0, 0.1) is 0 Å². The van der Waals surface area contributed by atoms with Crippen molar-refractivity contribution < 1.29 is 21.6 Å². The van der Waals surface area contributed by atoms with Gasteiger partial charge < -0.3 is 0 Å². The van der Waals surface area contributed by atoms with Gasteiger partial charge in [-0.2, -0.15) is 13.2 Å². The number of nitrogens with one attached hydrogen (secondary N) is 1. The van der Waals surface area contributed by atoms with Crippen molar-refractivity contribution in [1.29, 1.82) is 0 Å². The molecule has 17 heavy (non-hydrogen) atoms. The first kappa shape index (κ1) is 14.8. The van der Waals surface area contributed by atoms with Crippen LogP contribution in [0.2, 0.25) is 0 Å². The third kappa shape index (κ3) is 6.88.